The maximum atomic E-state index is 9.37. The number of hydrogen-bond donors (Lipinski definition) is 2. The van der Waals surface area contributed by atoms with Crippen molar-refractivity contribution >= 4 is 11.6 Å². The summed E-state index contributed by atoms with van der Waals surface area (Å²) >= 11 is 5.69. The van der Waals surface area contributed by atoms with Crippen LogP contribution < -0.4 is 5.73 Å². The summed E-state index contributed by atoms with van der Waals surface area (Å²) in [5, 5.41) is 13.6. The first-order valence-electron chi connectivity index (χ1n) is 4.54. The summed E-state index contributed by atoms with van der Waals surface area (Å²) in [5.74, 6) is 0.369. The lowest BCUT2D eigenvalue weighted by molar-refractivity contribution is 0.141. The lowest BCUT2D eigenvalue weighted by Crippen LogP contribution is -2.11. The fourth-order valence-corrected chi connectivity index (χ4v) is 1.20. The fraction of sp³-hybridized carbons (Fsp3) is 0.222. The highest BCUT2D eigenvalue weighted by molar-refractivity contribution is 6.30. The second-order valence-corrected chi connectivity index (χ2v) is 3.51. The van der Waals surface area contributed by atoms with E-state index in [1.165, 1.54) is 6.20 Å². The van der Waals surface area contributed by atoms with Gasteiger partial charge >= 0.3 is 0 Å². The van der Waals surface area contributed by atoms with Crippen molar-refractivity contribution < 1.29 is 9.63 Å². The Morgan fingerprint density at radius 3 is 2.94 bits per heavy atom. The molecule has 3 N–H and O–H groups in total. The molecule has 2 aromatic heterocycles. The Hall–Kier alpha value is -1.50. The summed E-state index contributed by atoms with van der Waals surface area (Å²) in [6, 6.07) is 3.32. The molecule has 0 saturated heterocycles. The lowest BCUT2D eigenvalue weighted by Gasteiger charge is -1.98. The quantitative estimate of drug-likeness (QED) is 0.823. The molecule has 0 fully saturated rings. The van der Waals surface area contributed by atoms with Crippen LogP contribution in [0.25, 0.3) is 11.5 Å². The number of nitrogens with two attached hydrogens (primary N) is 1. The number of aliphatic hydroxyl groups is 1. The monoisotopic (exact) mass is 240 g/mol. The Morgan fingerprint density at radius 1 is 1.50 bits per heavy atom. The molecule has 0 spiro atoms. The molecular weight excluding hydrogens is 232 g/mol. The largest absolute Gasteiger partial charge is 0.382 e. The second-order valence-electron chi connectivity index (χ2n) is 3.07. The minimum atomic E-state index is -0.950. The fourth-order valence-electron chi connectivity index (χ4n) is 1.08. The van der Waals surface area contributed by atoms with Crippen molar-refractivity contribution in [3.05, 3.63) is 29.2 Å². The first kappa shape index (κ1) is 11.0. The van der Waals surface area contributed by atoms with E-state index in [2.05, 4.69) is 15.1 Å². The molecule has 7 heteroatoms. The minimum Gasteiger partial charge on any atom is -0.382 e. The number of rotatable bonds is 3. The van der Waals surface area contributed by atoms with Gasteiger partial charge in [-0.2, -0.15) is 4.98 Å². The number of pyridine rings is 1. The third kappa shape index (κ3) is 2.19. The highest BCUT2D eigenvalue weighted by atomic mass is 35.5. The smallest absolute Gasteiger partial charge is 0.257 e. The van der Waals surface area contributed by atoms with Gasteiger partial charge in [0, 0.05) is 12.7 Å². The van der Waals surface area contributed by atoms with Gasteiger partial charge < -0.3 is 15.4 Å². The van der Waals surface area contributed by atoms with Crippen LogP contribution in [0.5, 0.6) is 0 Å². The molecule has 2 aromatic rings. The van der Waals surface area contributed by atoms with Crippen molar-refractivity contribution in [1.29, 1.82) is 0 Å². The molecule has 1 unspecified atom stereocenters. The van der Waals surface area contributed by atoms with Crippen molar-refractivity contribution in [2.24, 2.45) is 5.73 Å². The van der Waals surface area contributed by atoms with Crippen LogP contribution >= 0.6 is 11.6 Å². The summed E-state index contributed by atoms with van der Waals surface area (Å²) in [4.78, 5) is 7.98. The van der Waals surface area contributed by atoms with Gasteiger partial charge in [0.05, 0.1) is 5.02 Å². The Kier molecular flexibility index (Phi) is 3.14. The van der Waals surface area contributed by atoms with Crippen molar-refractivity contribution in [3.63, 3.8) is 0 Å². The van der Waals surface area contributed by atoms with Gasteiger partial charge in [-0.15, -0.1) is 0 Å². The molecule has 6 nitrogen and oxygen atoms in total. The normalized spacial score (nSPS) is 12.7. The molecule has 0 aliphatic heterocycles. The van der Waals surface area contributed by atoms with E-state index in [1.54, 1.807) is 12.1 Å². The molecule has 0 aliphatic carbocycles. The van der Waals surface area contributed by atoms with E-state index in [-0.39, 0.29) is 12.4 Å². The van der Waals surface area contributed by atoms with Crippen LogP contribution in [0.1, 0.15) is 12.0 Å². The third-order valence-electron chi connectivity index (χ3n) is 1.91. The van der Waals surface area contributed by atoms with E-state index in [0.29, 0.717) is 16.5 Å². The maximum Gasteiger partial charge on any atom is 0.257 e. The summed E-state index contributed by atoms with van der Waals surface area (Å²) in [6.45, 7) is 0.0235. The van der Waals surface area contributed by atoms with Crippen LogP contribution in [0.15, 0.2) is 22.9 Å². The standard InChI is InChI=1S/C9H9ClN4O2/c10-5-1-2-6(12-4-5)8-13-9(16-14-8)7(15)3-11/h1-2,4,7,15H,3,11H2. The molecule has 2 heterocycles. The van der Waals surface area contributed by atoms with Gasteiger partial charge in [-0.1, -0.05) is 16.8 Å². The second kappa shape index (κ2) is 4.56. The lowest BCUT2D eigenvalue weighted by atomic mass is 10.3. The van der Waals surface area contributed by atoms with Crippen LogP contribution in [0.4, 0.5) is 0 Å². The average Bonchev–Trinajstić information content (AvgIpc) is 2.78. The molecular formula is C9H9ClN4O2. The van der Waals surface area contributed by atoms with Crippen LogP contribution in [-0.2, 0) is 0 Å². The molecule has 0 saturated carbocycles. The molecule has 16 heavy (non-hydrogen) atoms. The van der Waals surface area contributed by atoms with E-state index in [1.807, 2.05) is 0 Å². The predicted octanol–water partition coefficient (Wildman–Crippen LogP) is 0.777. The number of nitrogens with zero attached hydrogens (tertiary/aromatic N) is 3. The van der Waals surface area contributed by atoms with E-state index >= 15 is 0 Å². The van der Waals surface area contributed by atoms with E-state index in [4.69, 9.17) is 21.9 Å². The molecule has 0 bridgehead atoms. The number of halogens is 1. The SMILES string of the molecule is NCC(O)c1nc(-c2ccc(Cl)cn2)no1. The van der Waals surface area contributed by atoms with E-state index in [9.17, 15) is 5.11 Å². The van der Waals surface area contributed by atoms with E-state index in [0.717, 1.165) is 0 Å². The Bertz CT molecular complexity index is 471. The van der Waals surface area contributed by atoms with Gasteiger partial charge in [-0.25, -0.2) is 0 Å². The zero-order valence-corrected chi connectivity index (χ0v) is 8.92. The third-order valence-corrected chi connectivity index (χ3v) is 2.13. The molecule has 0 aromatic carbocycles. The first-order valence-corrected chi connectivity index (χ1v) is 4.92. The van der Waals surface area contributed by atoms with Gasteiger partial charge in [-0.05, 0) is 12.1 Å². The highest BCUT2D eigenvalue weighted by Crippen LogP contribution is 2.17. The van der Waals surface area contributed by atoms with Crippen molar-refractivity contribution in [1.82, 2.24) is 15.1 Å². The van der Waals surface area contributed by atoms with Crippen LogP contribution in [0.2, 0.25) is 5.02 Å². The molecule has 0 amide bonds. The van der Waals surface area contributed by atoms with Crippen LogP contribution in [0, 0.1) is 0 Å². The van der Waals surface area contributed by atoms with Crippen molar-refractivity contribution in [3.8, 4) is 11.5 Å². The number of aromatic nitrogens is 3. The summed E-state index contributed by atoms with van der Waals surface area (Å²) in [6.07, 6.45) is 0.528. The van der Waals surface area contributed by atoms with Crippen LogP contribution in [0.3, 0.4) is 0 Å². The Morgan fingerprint density at radius 2 is 2.31 bits per heavy atom. The van der Waals surface area contributed by atoms with Crippen molar-refractivity contribution in [2.45, 2.75) is 6.10 Å². The van der Waals surface area contributed by atoms with Crippen molar-refractivity contribution in [2.75, 3.05) is 6.54 Å². The first-order chi connectivity index (χ1) is 7.70. The van der Waals surface area contributed by atoms with Gasteiger partial charge in [0.1, 0.15) is 11.8 Å². The molecule has 84 valence electrons. The predicted molar refractivity (Wildman–Crippen MR) is 56.6 cm³/mol. The molecule has 2 rings (SSSR count). The zero-order chi connectivity index (χ0) is 11.5. The number of hydrogen-bond acceptors (Lipinski definition) is 6. The molecule has 0 aliphatic rings. The maximum absolute atomic E-state index is 9.37. The molecule has 0 radical (unpaired) electrons. The minimum absolute atomic E-state index is 0.0235. The van der Waals surface area contributed by atoms with Crippen LogP contribution in [-0.4, -0.2) is 26.8 Å². The molecule has 1 atom stereocenters. The zero-order valence-electron chi connectivity index (χ0n) is 8.17. The Balaban J connectivity index is 2.28. The summed E-state index contributed by atoms with van der Waals surface area (Å²) < 4.78 is 4.84. The summed E-state index contributed by atoms with van der Waals surface area (Å²) in [7, 11) is 0. The average molecular weight is 241 g/mol. The van der Waals surface area contributed by atoms with Gasteiger partial charge in [0.2, 0.25) is 5.82 Å². The van der Waals surface area contributed by atoms with Gasteiger partial charge in [-0.3, -0.25) is 4.98 Å². The Labute approximate surface area is 96.1 Å². The highest BCUT2D eigenvalue weighted by Gasteiger charge is 2.15. The summed E-state index contributed by atoms with van der Waals surface area (Å²) in [5.41, 5.74) is 5.78. The van der Waals surface area contributed by atoms with E-state index < -0.39 is 6.10 Å². The number of aliphatic hydroxyl groups excluding tert-OH is 1. The van der Waals surface area contributed by atoms with Gasteiger partial charge in [0.25, 0.3) is 5.89 Å². The van der Waals surface area contributed by atoms with Gasteiger partial charge in [0.15, 0.2) is 0 Å². The topological polar surface area (TPSA) is 98.1 Å².